The van der Waals surface area contributed by atoms with Crippen LogP contribution >= 0.6 is 0 Å². The molecule has 0 unspecified atom stereocenters. The molecule has 0 saturated carbocycles. The van der Waals surface area contributed by atoms with E-state index in [4.69, 9.17) is 24.8 Å². The van der Waals surface area contributed by atoms with Crippen LogP contribution in [0, 0.1) is 5.82 Å². The van der Waals surface area contributed by atoms with Crippen LogP contribution in [0.15, 0.2) is 77.8 Å². The first-order valence-electron chi connectivity index (χ1n) is 10.3. The van der Waals surface area contributed by atoms with Crippen molar-refractivity contribution in [2.45, 2.75) is 6.42 Å². The van der Waals surface area contributed by atoms with Gasteiger partial charge in [-0.3, -0.25) is 0 Å². The van der Waals surface area contributed by atoms with E-state index >= 15 is 0 Å². The number of anilines is 2. The summed E-state index contributed by atoms with van der Waals surface area (Å²) in [4.78, 5) is 25.4. The number of hydrogen-bond donors (Lipinski definition) is 3. The van der Waals surface area contributed by atoms with Crippen LogP contribution in [0.3, 0.4) is 0 Å². The first-order valence-corrected chi connectivity index (χ1v) is 10.3. The Morgan fingerprint density at radius 3 is 2.09 bits per heavy atom. The molecular weight excluding hydrogens is 425 g/mol. The molecule has 0 bridgehead atoms. The van der Waals surface area contributed by atoms with Crippen LogP contribution < -0.4 is 10.2 Å². The highest BCUT2D eigenvalue weighted by Gasteiger charge is 2.24. The minimum atomic E-state index is -1.82. The molecule has 1 heterocycles. The number of nitrogens with one attached hydrogen (secondary N) is 1. The predicted molar refractivity (Wildman–Crippen MR) is 125 cm³/mol. The van der Waals surface area contributed by atoms with Crippen LogP contribution in [0.25, 0.3) is 0 Å². The first-order chi connectivity index (χ1) is 15.9. The Bertz CT molecular complexity index is 1170. The molecule has 0 spiro atoms. The van der Waals surface area contributed by atoms with E-state index in [0.29, 0.717) is 11.3 Å². The van der Waals surface area contributed by atoms with Gasteiger partial charge in [-0.25, -0.2) is 19.0 Å². The first kappa shape index (κ1) is 23.6. The highest BCUT2D eigenvalue weighted by Crippen LogP contribution is 2.40. The summed E-state index contributed by atoms with van der Waals surface area (Å²) in [5, 5.41) is 18.0. The van der Waals surface area contributed by atoms with Gasteiger partial charge in [0.2, 0.25) is 0 Å². The maximum Gasteiger partial charge on any atom is 0.414 e. The monoisotopic (exact) mass is 449 g/mol. The van der Waals surface area contributed by atoms with Crippen molar-refractivity contribution in [3.63, 3.8) is 0 Å². The van der Waals surface area contributed by atoms with E-state index in [0.717, 1.165) is 42.1 Å². The highest BCUT2D eigenvalue weighted by molar-refractivity contribution is 6.27. The van der Waals surface area contributed by atoms with Gasteiger partial charge in [0, 0.05) is 17.7 Å². The van der Waals surface area contributed by atoms with Gasteiger partial charge < -0.3 is 20.4 Å². The summed E-state index contributed by atoms with van der Waals surface area (Å²) in [5.74, 6) is -3.91. The topological polar surface area (TPSA) is 102 Å². The largest absolute Gasteiger partial charge is 0.473 e. The highest BCUT2D eigenvalue weighted by atomic mass is 19.1. The van der Waals surface area contributed by atoms with Gasteiger partial charge in [-0.2, -0.15) is 0 Å². The van der Waals surface area contributed by atoms with E-state index in [9.17, 15) is 4.39 Å². The number of rotatable bonds is 5. The molecule has 0 amide bonds. The third kappa shape index (κ3) is 5.61. The molecule has 1 aliphatic rings. The maximum atomic E-state index is 14.6. The third-order valence-electron chi connectivity index (χ3n) is 4.98. The van der Waals surface area contributed by atoms with Crippen molar-refractivity contribution in [1.82, 2.24) is 5.32 Å². The summed E-state index contributed by atoms with van der Waals surface area (Å²) in [6, 6.07) is 23.0. The number of para-hydroxylation sites is 3. The lowest BCUT2D eigenvalue weighted by molar-refractivity contribution is -0.159. The number of aliphatic carboxylic acids is 2. The number of benzene rings is 3. The van der Waals surface area contributed by atoms with Gasteiger partial charge in [0.05, 0.1) is 22.8 Å². The molecule has 4 rings (SSSR count). The Morgan fingerprint density at radius 1 is 0.879 bits per heavy atom. The fraction of sp³-hybridized carbons (Fsp3) is 0.160. The number of halogens is 1. The van der Waals surface area contributed by atoms with Crippen LogP contribution in [0.2, 0.25) is 0 Å². The second kappa shape index (κ2) is 11.0. The number of aliphatic imine (C=N–C) groups is 1. The van der Waals surface area contributed by atoms with Gasteiger partial charge in [0.15, 0.2) is 0 Å². The summed E-state index contributed by atoms with van der Waals surface area (Å²) in [7, 11) is 1.96. The van der Waals surface area contributed by atoms with Gasteiger partial charge in [-0.1, -0.05) is 42.5 Å². The van der Waals surface area contributed by atoms with Gasteiger partial charge >= 0.3 is 11.9 Å². The third-order valence-corrected chi connectivity index (χ3v) is 4.98. The van der Waals surface area contributed by atoms with Crippen LogP contribution in [-0.2, 0) is 9.59 Å². The summed E-state index contributed by atoms with van der Waals surface area (Å²) >= 11 is 0. The number of carbonyl (C=O) groups is 2. The van der Waals surface area contributed by atoms with Gasteiger partial charge in [0.1, 0.15) is 5.82 Å². The fourth-order valence-corrected chi connectivity index (χ4v) is 3.52. The standard InChI is InChI=1S/C23H22FN3.C2H2O4/c1-25-15-8-16-27-21-13-6-3-10-18(21)23(17-9-2-4-11-19(17)24)26-20-12-5-7-14-22(20)27;3-1(4)2(5)6/h2-7,9-14,25H,8,15-16H2,1H3;(H,3,4)(H,5,6). The van der Waals surface area contributed by atoms with Crippen LogP contribution in [-0.4, -0.2) is 48.0 Å². The van der Waals surface area contributed by atoms with E-state index < -0.39 is 11.9 Å². The van der Waals surface area contributed by atoms with Crippen molar-refractivity contribution in [1.29, 1.82) is 0 Å². The minimum Gasteiger partial charge on any atom is -0.473 e. The van der Waals surface area contributed by atoms with Crippen LogP contribution in [0.1, 0.15) is 17.5 Å². The van der Waals surface area contributed by atoms with Crippen molar-refractivity contribution in [2.24, 2.45) is 4.99 Å². The fourth-order valence-electron chi connectivity index (χ4n) is 3.52. The van der Waals surface area contributed by atoms with Gasteiger partial charge in [0.25, 0.3) is 0 Å². The number of hydrogen-bond acceptors (Lipinski definition) is 5. The average molecular weight is 449 g/mol. The zero-order valence-electron chi connectivity index (χ0n) is 18.0. The SMILES string of the molecule is CNCCCN1c2ccccc2N=C(c2ccccc2F)c2ccccc21.O=C(O)C(=O)O. The molecule has 0 fully saturated rings. The lowest BCUT2D eigenvalue weighted by atomic mass is 9.99. The number of carboxylic acid groups (broad SMARTS) is 2. The van der Waals surface area contributed by atoms with E-state index in [-0.39, 0.29) is 5.82 Å². The lowest BCUT2D eigenvalue weighted by Gasteiger charge is -2.26. The van der Waals surface area contributed by atoms with Gasteiger partial charge in [-0.15, -0.1) is 0 Å². The van der Waals surface area contributed by atoms with Crippen LogP contribution in [0.5, 0.6) is 0 Å². The number of nitrogens with zero attached hydrogens (tertiary/aromatic N) is 2. The molecule has 33 heavy (non-hydrogen) atoms. The molecular formula is C25H24FN3O4. The molecule has 0 aromatic heterocycles. The zero-order chi connectivity index (χ0) is 23.8. The van der Waals surface area contributed by atoms with Crippen molar-refractivity contribution in [3.05, 3.63) is 89.7 Å². The van der Waals surface area contributed by atoms with Crippen LogP contribution in [0.4, 0.5) is 21.5 Å². The summed E-state index contributed by atoms with van der Waals surface area (Å²) < 4.78 is 14.6. The number of fused-ring (bicyclic) bond motifs is 2. The Morgan fingerprint density at radius 2 is 1.45 bits per heavy atom. The Kier molecular flexibility index (Phi) is 7.88. The minimum absolute atomic E-state index is 0.257. The summed E-state index contributed by atoms with van der Waals surface area (Å²) in [5.41, 5.74) is 5.11. The molecule has 3 aromatic rings. The van der Waals surface area contributed by atoms with Gasteiger partial charge in [-0.05, 0) is 50.3 Å². The molecule has 0 aliphatic carbocycles. The second-order valence-electron chi connectivity index (χ2n) is 7.17. The maximum absolute atomic E-state index is 14.6. The molecule has 8 heteroatoms. The van der Waals surface area contributed by atoms with E-state index in [2.05, 4.69) is 22.3 Å². The quantitative estimate of drug-likeness (QED) is 0.398. The Hall–Kier alpha value is -4.04. The summed E-state index contributed by atoms with van der Waals surface area (Å²) in [6.45, 7) is 1.79. The van der Waals surface area contributed by atoms with Crippen molar-refractivity contribution < 1.29 is 24.2 Å². The molecule has 3 aromatic carbocycles. The Balaban J connectivity index is 0.000000454. The zero-order valence-corrected chi connectivity index (χ0v) is 18.0. The van der Waals surface area contributed by atoms with Crippen molar-refractivity contribution >= 4 is 34.7 Å². The molecule has 7 nitrogen and oxygen atoms in total. The van der Waals surface area contributed by atoms with E-state index in [1.165, 1.54) is 6.07 Å². The molecule has 1 aliphatic heterocycles. The molecule has 3 N–H and O–H groups in total. The molecule has 0 atom stereocenters. The second-order valence-corrected chi connectivity index (χ2v) is 7.17. The van der Waals surface area contributed by atoms with Crippen molar-refractivity contribution in [2.75, 3.05) is 25.0 Å². The Labute approximate surface area is 190 Å². The lowest BCUT2D eigenvalue weighted by Crippen LogP contribution is -2.23. The van der Waals surface area contributed by atoms with E-state index in [1.54, 1.807) is 12.1 Å². The predicted octanol–water partition coefficient (Wildman–Crippen LogP) is 4.21. The molecule has 0 saturated heterocycles. The summed E-state index contributed by atoms with van der Waals surface area (Å²) in [6.07, 6.45) is 0.994. The average Bonchev–Trinajstić information content (AvgIpc) is 2.95. The van der Waals surface area contributed by atoms with Crippen molar-refractivity contribution in [3.8, 4) is 0 Å². The smallest absolute Gasteiger partial charge is 0.414 e. The molecule has 170 valence electrons. The molecule has 0 radical (unpaired) electrons. The van der Waals surface area contributed by atoms with E-state index in [1.807, 2.05) is 49.5 Å². The number of carboxylic acids is 2. The normalized spacial score (nSPS) is 11.8.